The summed E-state index contributed by atoms with van der Waals surface area (Å²) in [4.78, 5) is 6.68. The van der Waals surface area contributed by atoms with Crippen LogP contribution >= 0.6 is 0 Å². The molecule has 1 saturated heterocycles. The van der Waals surface area contributed by atoms with Crippen molar-refractivity contribution in [2.45, 2.75) is 38.3 Å². The molecule has 112 valence electrons. The minimum absolute atomic E-state index is 0.0320. The van der Waals surface area contributed by atoms with E-state index in [1.165, 1.54) is 12.8 Å². The lowest BCUT2D eigenvalue weighted by atomic mass is 10.3. The summed E-state index contributed by atoms with van der Waals surface area (Å²) in [6.45, 7) is 0.703. The Kier molecular flexibility index (Phi) is 3.58. The van der Waals surface area contributed by atoms with Gasteiger partial charge in [0.05, 0.1) is 24.1 Å². The molecule has 1 unspecified atom stereocenters. The van der Waals surface area contributed by atoms with Gasteiger partial charge in [-0.2, -0.15) is 5.10 Å². The number of nitrogens with zero attached hydrogens (tertiary/aromatic N) is 4. The standard InChI is InChI=1S/C13H22N4O2S/c1-16(2)8-13-14-12(7-10-3-4-10)15-17(13)11-5-6-20(18,19)9-11/h10-11H,3-9H2,1-2H3. The van der Waals surface area contributed by atoms with E-state index in [4.69, 9.17) is 0 Å². The summed E-state index contributed by atoms with van der Waals surface area (Å²) >= 11 is 0. The van der Waals surface area contributed by atoms with Gasteiger partial charge < -0.3 is 4.90 Å². The summed E-state index contributed by atoms with van der Waals surface area (Å²) in [6, 6.07) is -0.0320. The van der Waals surface area contributed by atoms with Gasteiger partial charge in [0.1, 0.15) is 5.82 Å². The Hall–Kier alpha value is -0.950. The van der Waals surface area contributed by atoms with Crippen LogP contribution in [0.3, 0.4) is 0 Å². The zero-order chi connectivity index (χ0) is 14.3. The second-order valence-electron chi connectivity index (χ2n) is 6.33. The molecule has 0 N–H and O–H groups in total. The topological polar surface area (TPSA) is 68.1 Å². The molecule has 3 rings (SSSR count). The van der Waals surface area contributed by atoms with E-state index in [-0.39, 0.29) is 17.5 Å². The van der Waals surface area contributed by atoms with Gasteiger partial charge >= 0.3 is 0 Å². The lowest BCUT2D eigenvalue weighted by Crippen LogP contribution is -2.20. The minimum Gasteiger partial charge on any atom is -0.302 e. The van der Waals surface area contributed by atoms with Gasteiger partial charge in [0.2, 0.25) is 0 Å². The molecular formula is C13H22N4O2S. The third-order valence-electron chi connectivity index (χ3n) is 3.93. The first-order valence-electron chi connectivity index (χ1n) is 7.22. The first kappa shape index (κ1) is 14.0. The van der Waals surface area contributed by atoms with E-state index in [0.717, 1.165) is 24.0 Å². The summed E-state index contributed by atoms with van der Waals surface area (Å²) in [5.74, 6) is 3.00. The van der Waals surface area contributed by atoms with Gasteiger partial charge in [-0.3, -0.25) is 0 Å². The van der Waals surface area contributed by atoms with Gasteiger partial charge in [-0.15, -0.1) is 0 Å². The molecule has 0 amide bonds. The second kappa shape index (κ2) is 5.11. The monoisotopic (exact) mass is 298 g/mol. The SMILES string of the molecule is CN(C)Cc1nc(CC2CC2)nn1C1CCS(=O)(=O)C1. The number of hydrogen-bond donors (Lipinski definition) is 0. The summed E-state index contributed by atoms with van der Waals surface area (Å²) in [5, 5.41) is 4.61. The molecule has 2 aliphatic rings. The van der Waals surface area contributed by atoms with Gasteiger partial charge in [-0.25, -0.2) is 18.1 Å². The molecule has 1 aliphatic carbocycles. The highest BCUT2D eigenvalue weighted by atomic mass is 32.2. The highest BCUT2D eigenvalue weighted by molar-refractivity contribution is 7.91. The second-order valence-corrected chi connectivity index (χ2v) is 8.56. The molecule has 0 spiro atoms. The Balaban J connectivity index is 1.84. The van der Waals surface area contributed by atoms with Crippen LogP contribution in [0, 0.1) is 5.92 Å². The average molecular weight is 298 g/mol. The van der Waals surface area contributed by atoms with E-state index in [1.54, 1.807) is 0 Å². The summed E-state index contributed by atoms with van der Waals surface area (Å²) < 4.78 is 25.2. The number of rotatable bonds is 5. The molecule has 1 aliphatic heterocycles. The lowest BCUT2D eigenvalue weighted by Gasteiger charge is -2.14. The molecule has 1 aromatic heterocycles. The largest absolute Gasteiger partial charge is 0.302 e. The van der Waals surface area contributed by atoms with Crippen molar-refractivity contribution in [1.82, 2.24) is 19.7 Å². The quantitative estimate of drug-likeness (QED) is 0.798. The molecule has 2 fully saturated rings. The Morgan fingerprint density at radius 2 is 2.05 bits per heavy atom. The maximum absolute atomic E-state index is 11.7. The molecule has 7 heteroatoms. The van der Waals surface area contributed by atoms with E-state index in [9.17, 15) is 8.42 Å². The van der Waals surface area contributed by atoms with Crippen molar-refractivity contribution >= 4 is 9.84 Å². The van der Waals surface area contributed by atoms with Crippen molar-refractivity contribution in [3.05, 3.63) is 11.6 Å². The Bertz CT molecular complexity index is 590. The van der Waals surface area contributed by atoms with E-state index >= 15 is 0 Å². The maximum Gasteiger partial charge on any atom is 0.152 e. The zero-order valence-corrected chi connectivity index (χ0v) is 12.9. The Morgan fingerprint density at radius 3 is 2.60 bits per heavy atom. The average Bonchev–Trinajstić information content (AvgIpc) is 2.95. The summed E-state index contributed by atoms with van der Waals surface area (Å²) in [5.41, 5.74) is 0. The fourth-order valence-electron chi connectivity index (χ4n) is 2.72. The predicted octanol–water partition coefficient (Wildman–Crippen LogP) is 0.652. The van der Waals surface area contributed by atoms with Crippen molar-refractivity contribution in [2.24, 2.45) is 5.92 Å². The van der Waals surface area contributed by atoms with Crippen molar-refractivity contribution in [1.29, 1.82) is 0 Å². The number of hydrogen-bond acceptors (Lipinski definition) is 5. The minimum atomic E-state index is -2.89. The Morgan fingerprint density at radius 1 is 1.30 bits per heavy atom. The molecule has 20 heavy (non-hydrogen) atoms. The summed E-state index contributed by atoms with van der Waals surface area (Å²) in [7, 11) is 1.09. The van der Waals surface area contributed by atoms with Gasteiger partial charge in [-0.05, 0) is 39.3 Å². The van der Waals surface area contributed by atoms with Crippen LogP contribution in [0.2, 0.25) is 0 Å². The number of aromatic nitrogens is 3. The first-order chi connectivity index (χ1) is 9.43. The normalized spacial score (nSPS) is 25.4. The molecule has 6 nitrogen and oxygen atoms in total. The predicted molar refractivity (Wildman–Crippen MR) is 76.1 cm³/mol. The molecular weight excluding hydrogens is 276 g/mol. The maximum atomic E-state index is 11.7. The highest BCUT2D eigenvalue weighted by Gasteiger charge is 2.32. The number of sulfone groups is 1. The molecule has 2 heterocycles. The smallest absolute Gasteiger partial charge is 0.152 e. The van der Waals surface area contributed by atoms with Crippen LogP contribution in [0.15, 0.2) is 0 Å². The summed E-state index contributed by atoms with van der Waals surface area (Å²) in [6.07, 6.45) is 4.15. The first-order valence-corrected chi connectivity index (χ1v) is 9.04. The molecule has 0 aromatic carbocycles. The van der Waals surface area contributed by atoms with E-state index in [2.05, 4.69) is 10.1 Å². The van der Waals surface area contributed by atoms with Crippen LogP contribution in [0.5, 0.6) is 0 Å². The van der Waals surface area contributed by atoms with Crippen LogP contribution in [-0.4, -0.2) is 53.7 Å². The van der Waals surface area contributed by atoms with Crippen LogP contribution in [-0.2, 0) is 22.8 Å². The fourth-order valence-corrected chi connectivity index (χ4v) is 4.41. The van der Waals surface area contributed by atoms with Crippen molar-refractivity contribution in [3.63, 3.8) is 0 Å². The van der Waals surface area contributed by atoms with Crippen molar-refractivity contribution in [3.8, 4) is 0 Å². The van der Waals surface area contributed by atoms with Crippen molar-refractivity contribution < 1.29 is 8.42 Å². The molecule has 1 atom stereocenters. The fraction of sp³-hybridized carbons (Fsp3) is 0.846. The lowest BCUT2D eigenvalue weighted by molar-refractivity contribution is 0.362. The van der Waals surface area contributed by atoms with E-state index in [0.29, 0.717) is 13.0 Å². The third-order valence-corrected chi connectivity index (χ3v) is 5.68. The van der Waals surface area contributed by atoms with E-state index in [1.807, 2.05) is 23.7 Å². The van der Waals surface area contributed by atoms with Gasteiger partial charge in [0, 0.05) is 6.42 Å². The third kappa shape index (κ3) is 3.20. The van der Waals surface area contributed by atoms with E-state index < -0.39 is 9.84 Å². The van der Waals surface area contributed by atoms with Gasteiger partial charge in [-0.1, -0.05) is 0 Å². The highest BCUT2D eigenvalue weighted by Crippen LogP contribution is 2.32. The zero-order valence-electron chi connectivity index (χ0n) is 12.1. The molecule has 0 bridgehead atoms. The van der Waals surface area contributed by atoms with Crippen molar-refractivity contribution in [2.75, 3.05) is 25.6 Å². The Labute approximate surface area is 120 Å². The van der Waals surface area contributed by atoms with Gasteiger partial charge in [0.15, 0.2) is 15.7 Å². The van der Waals surface area contributed by atoms with Crippen LogP contribution in [0.25, 0.3) is 0 Å². The van der Waals surface area contributed by atoms with Crippen LogP contribution < -0.4 is 0 Å². The molecule has 1 saturated carbocycles. The van der Waals surface area contributed by atoms with Gasteiger partial charge in [0.25, 0.3) is 0 Å². The molecule has 1 aromatic rings. The van der Waals surface area contributed by atoms with Crippen LogP contribution in [0.4, 0.5) is 0 Å². The van der Waals surface area contributed by atoms with Crippen LogP contribution in [0.1, 0.15) is 37.0 Å². The molecule has 0 radical (unpaired) electrons.